The largest absolute Gasteiger partial charge is 0.354 e. The topological polar surface area (TPSA) is 52.6 Å². The summed E-state index contributed by atoms with van der Waals surface area (Å²) in [6, 6.07) is 11.2. The number of aromatic nitrogens is 1. The van der Waals surface area contributed by atoms with Gasteiger partial charge in [0.15, 0.2) is 5.96 Å². The van der Waals surface area contributed by atoms with Crippen LogP contribution in [0, 0.1) is 0 Å². The van der Waals surface area contributed by atoms with Gasteiger partial charge in [-0.3, -0.25) is 9.89 Å². The maximum atomic E-state index is 4.76. The number of rotatable bonds is 6. The van der Waals surface area contributed by atoms with E-state index in [-0.39, 0.29) is 29.4 Å². The first kappa shape index (κ1) is 24.1. The zero-order chi connectivity index (χ0) is 20.0. The molecule has 0 saturated carbocycles. The number of likely N-dealkylation sites (tertiary alicyclic amines) is 1. The van der Waals surface area contributed by atoms with E-state index in [1.165, 1.54) is 31.5 Å². The van der Waals surface area contributed by atoms with Crippen LogP contribution >= 0.6 is 35.3 Å². The Morgan fingerprint density at radius 3 is 2.45 bits per heavy atom. The molecule has 1 aromatic heterocycles. The van der Waals surface area contributed by atoms with Crippen molar-refractivity contribution in [3.63, 3.8) is 0 Å². The SMILES string of the molecule is CN=C(NCc1nc(C(C)(C)C)cs1)NCC(c1ccccc1)N1CCCC1.I. The van der Waals surface area contributed by atoms with Crippen molar-refractivity contribution in [1.82, 2.24) is 20.5 Å². The molecule has 2 N–H and O–H groups in total. The van der Waals surface area contributed by atoms with Gasteiger partial charge < -0.3 is 10.6 Å². The summed E-state index contributed by atoms with van der Waals surface area (Å²) >= 11 is 1.71. The van der Waals surface area contributed by atoms with E-state index < -0.39 is 0 Å². The van der Waals surface area contributed by atoms with Crippen LogP contribution in [-0.2, 0) is 12.0 Å². The molecule has 2 aromatic rings. The first-order valence-corrected chi connectivity index (χ1v) is 11.0. The van der Waals surface area contributed by atoms with Crippen molar-refractivity contribution in [3.05, 3.63) is 52.0 Å². The lowest BCUT2D eigenvalue weighted by Gasteiger charge is -2.28. The Bertz CT molecular complexity index is 763. The molecule has 2 heterocycles. The molecule has 1 fully saturated rings. The van der Waals surface area contributed by atoms with Gasteiger partial charge in [0, 0.05) is 24.4 Å². The van der Waals surface area contributed by atoms with Crippen molar-refractivity contribution in [2.45, 2.75) is 51.6 Å². The number of halogens is 1. The van der Waals surface area contributed by atoms with Gasteiger partial charge in [-0.05, 0) is 31.5 Å². The third-order valence-corrected chi connectivity index (χ3v) is 6.03. The second kappa shape index (κ2) is 11.3. The molecule has 0 aliphatic carbocycles. The van der Waals surface area contributed by atoms with Gasteiger partial charge in [-0.2, -0.15) is 0 Å². The summed E-state index contributed by atoms with van der Waals surface area (Å²) < 4.78 is 0. The molecular formula is C22H34IN5S. The number of hydrogen-bond acceptors (Lipinski definition) is 4. The van der Waals surface area contributed by atoms with Gasteiger partial charge in [0.05, 0.1) is 18.3 Å². The highest BCUT2D eigenvalue weighted by Gasteiger charge is 2.23. The van der Waals surface area contributed by atoms with Crippen LogP contribution in [0.25, 0.3) is 0 Å². The average molecular weight is 528 g/mol. The van der Waals surface area contributed by atoms with E-state index in [0.29, 0.717) is 12.6 Å². The van der Waals surface area contributed by atoms with Crippen molar-refractivity contribution in [2.75, 3.05) is 26.7 Å². The molecule has 0 radical (unpaired) electrons. The van der Waals surface area contributed by atoms with Crippen molar-refractivity contribution in [3.8, 4) is 0 Å². The van der Waals surface area contributed by atoms with Gasteiger partial charge in [-0.25, -0.2) is 4.98 Å². The van der Waals surface area contributed by atoms with Crippen molar-refractivity contribution in [2.24, 2.45) is 4.99 Å². The number of guanidine groups is 1. The number of aliphatic imine (C=N–C) groups is 1. The van der Waals surface area contributed by atoms with Crippen molar-refractivity contribution >= 4 is 41.3 Å². The summed E-state index contributed by atoms with van der Waals surface area (Å²) in [4.78, 5) is 11.7. The quantitative estimate of drug-likeness (QED) is 0.329. The number of nitrogens with one attached hydrogen (secondary N) is 2. The second-order valence-electron chi connectivity index (χ2n) is 8.35. The van der Waals surface area contributed by atoms with Crippen LogP contribution in [0.1, 0.15) is 55.9 Å². The lowest BCUT2D eigenvalue weighted by atomic mass is 9.93. The van der Waals surface area contributed by atoms with Crippen LogP contribution in [0.2, 0.25) is 0 Å². The van der Waals surface area contributed by atoms with Crippen LogP contribution in [0.15, 0.2) is 40.7 Å². The summed E-state index contributed by atoms with van der Waals surface area (Å²) in [5.74, 6) is 0.827. The smallest absolute Gasteiger partial charge is 0.191 e. The van der Waals surface area contributed by atoms with Crippen LogP contribution in [0.3, 0.4) is 0 Å². The standard InChI is InChI=1S/C22H33N5S.HI/c1-22(2,3)19-16-28-20(26-19)15-25-21(23-4)24-14-18(27-12-8-9-13-27)17-10-6-5-7-11-17;/h5-7,10-11,16,18H,8-9,12-15H2,1-4H3,(H2,23,24,25);1H. The Balaban J connectivity index is 0.00000300. The third-order valence-electron chi connectivity index (χ3n) is 5.18. The van der Waals surface area contributed by atoms with Gasteiger partial charge in [0.1, 0.15) is 5.01 Å². The summed E-state index contributed by atoms with van der Waals surface area (Å²) in [6.45, 7) is 10.5. The maximum absolute atomic E-state index is 4.76. The molecule has 0 spiro atoms. The first-order valence-electron chi connectivity index (χ1n) is 10.2. The summed E-state index contributed by atoms with van der Waals surface area (Å²) in [5.41, 5.74) is 2.60. The van der Waals surface area contributed by atoms with Crippen molar-refractivity contribution < 1.29 is 0 Å². The minimum absolute atomic E-state index is 0. The van der Waals surface area contributed by atoms with Gasteiger partial charge in [0.2, 0.25) is 0 Å². The molecule has 1 unspecified atom stereocenters. The number of nitrogens with zero attached hydrogens (tertiary/aromatic N) is 3. The molecule has 29 heavy (non-hydrogen) atoms. The molecule has 1 atom stereocenters. The molecule has 1 saturated heterocycles. The predicted octanol–water partition coefficient (Wildman–Crippen LogP) is 4.56. The van der Waals surface area contributed by atoms with Gasteiger partial charge in [-0.15, -0.1) is 35.3 Å². The maximum Gasteiger partial charge on any atom is 0.191 e. The summed E-state index contributed by atoms with van der Waals surface area (Å²) in [5, 5.41) is 10.2. The zero-order valence-electron chi connectivity index (χ0n) is 17.9. The van der Waals surface area contributed by atoms with Crippen LogP contribution < -0.4 is 10.6 Å². The van der Waals surface area contributed by atoms with E-state index in [9.17, 15) is 0 Å². The Hall–Kier alpha value is -1.19. The molecule has 1 aliphatic rings. The molecule has 1 aliphatic heterocycles. The molecule has 7 heteroatoms. The van der Waals surface area contributed by atoms with Crippen LogP contribution in [0.5, 0.6) is 0 Å². The summed E-state index contributed by atoms with van der Waals surface area (Å²) in [7, 11) is 1.82. The normalized spacial score (nSPS) is 16.3. The van der Waals surface area contributed by atoms with Gasteiger partial charge >= 0.3 is 0 Å². The number of benzene rings is 1. The van der Waals surface area contributed by atoms with E-state index in [1.54, 1.807) is 11.3 Å². The minimum atomic E-state index is 0. The third kappa shape index (κ3) is 6.93. The fraction of sp³-hybridized carbons (Fsp3) is 0.545. The molecule has 0 bridgehead atoms. The van der Waals surface area contributed by atoms with Crippen LogP contribution in [0.4, 0.5) is 0 Å². The molecule has 5 nitrogen and oxygen atoms in total. The van der Waals surface area contributed by atoms with E-state index in [4.69, 9.17) is 4.98 Å². The fourth-order valence-electron chi connectivity index (χ4n) is 3.50. The van der Waals surface area contributed by atoms with E-state index in [1.807, 2.05) is 7.05 Å². The highest BCUT2D eigenvalue weighted by molar-refractivity contribution is 14.0. The second-order valence-corrected chi connectivity index (χ2v) is 9.30. The Morgan fingerprint density at radius 2 is 1.86 bits per heavy atom. The van der Waals surface area contributed by atoms with Crippen LogP contribution in [-0.4, -0.2) is 42.5 Å². The molecule has 1 aromatic carbocycles. The monoisotopic (exact) mass is 527 g/mol. The highest BCUT2D eigenvalue weighted by atomic mass is 127. The molecule has 0 amide bonds. The Kier molecular flexibility index (Phi) is 9.36. The zero-order valence-corrected chi connectivity index (χ0v) is 21.1. The minimum Gasteiger partial charge on any atom is -0.354 e. The fourth-order valence-corrected chi connectivity index (χ4v) is 4.46. The molecule has 160 valence electrons. The predicted molar refractivity (Wildman–Crippen MR) is 134 cm³/mol. The van der Waals surface area contributed by atoms with Gasteiger partial charge in [0.25, 0.3) is 0 Å². The first-order chi connectivity index (χ1) is 13.5. The Morgan fingerprint density at radius 1 is 1.17 bits per heavy atom. The van der Waals surface area contributed by atoms with E-state index in [0.717, 1.165) is 23.2 Å². The lowest BCUT2D eigenvalue weighted by Crippen LogP contribution is -2.42. The number of thiazole rings is 1. The molecule has 3 rings (SSSR count). The van der Waals surface area contributed by atoms with Gasteiger partial charge in [-0.1, -0.05) is 51.1 Å². The highest BCUT2D eigenvalue weighted by Crippen LogP contribution is 2.25. The average Bonchev–Trinajstić information content (AvgIpc) is 3.37. The summed E-state index contributed by atoms with van der Waals surface area (Å²) in [6.07, 6.45) is 2.58. The van der Waals surface area contributed by atoms with Crippen molar-refractivity contribution in [1.29, 1.82) is 0 Å². The molecular weight excluding hydrogens is 493 g/mol. The van der Waals surface area contributed by atoms with E-state index >= 15 is 0 Å². The lowest BCUT2D eigenvalue weighted by molar-refractivity contribution is 0.245. The van der Waals surface area contributed by atoms with E-state index in [2.05, 4.69) is 77.0 Å². The Labute approximate surface area is 196 Å². The number of hydrogen-bond donors (Lipinski definition) is 2.